The molecule has 226 valence electrons. The van der Waals surface area contributed by atoms with Crippen molar-refractivity contribution in [3.8, 4) is 28.9 Å². The Kier molecular flexibility index (Phi) is 7.41. The van der Waals surface area contributed by atoms with Gasteiger partial charge in [-0.3, -0.25) is 4.79 Å². The number of alkyl halides is 10. The fourth-order valence-corrected chi connectivity index (χ4v) is 3.94. The molecule has 0 radical (unpaired) electrons. The van der Waals surface area contributed by atoms with Gasteiger partial charge in [0.25, 0.3) is 11.8 Å². The molecule has 1 saturated carbocycles. The molecule has 3 aromatic rings. The van der Waals surface area contributed by atoms with Gasteiger partial charge in [-0.05, 0) is 30.5 Å². The highest BCUT2D eigenvalue weighted by Crippen LogP contribution is 2.49. The molecule has 4 rings (SSSR count). The van der Waals surface area contributed by atoms with Crippen molar-refractivity contribution in [2.75, 3.05) is 6.67 Å². The first-order valence-corrected chi connectivity index (χ1v) is 11.8. The van der Waals surface area contributed by atoms with E-state index in [-0.39, 0.29) is 26.4 Å². The summed E-state index contributed by atoms with van der Waals surface area (Å²) in [6, 6.07) is 5.84. The van der Waals surface area contributed by atoms with Crippen molar-refractivity contribution < 1.29 is 53.4 Å². The third kappa shape index (κ3) is 5.32. The molecule has 1 unspecified atom stereocenters. The fraction of sp³-hybridized carbons (Fsp3) is 0.391. The lowest BCUT2D eigenvalue weighted by Gasteiger charge is -2.31. The van der Waals surface area contributed by atoms with Gasteiger partial charge in [-0.1, -0.05) is 17.7 Å². The average molecular weight is 633 g/mol. The Hall–Kier alpha value is -4.01. The van der Waals surface area contributed by atoms with Crippen molar-refractivity contribution in [2.45, 2.75) is 42.5 Å². The molecular formula is C23H15ClF10N6O2. The minimum absolute atomic E-state index is 0.0258. The fourth-order valence-electron chi connectivity index (χ4n) is 3.74. The van der Waals surface area contributed by atoms with Gasteiger partial charge in [0, 0.05) is 18.8 Å². The zero-order valence-corrected chi connectivity index (χ0v) is 21.5. The summed E-state index contributed by atoms with van der Waals surface area (Å²) < 4.78 is 140. The van der Waals surface area contributed by atoms with Crippen LogP contribution in [0.4, 0.5) is 43.9 Å². The van der Waals surface area contributed by atoms with E-state index in [1.165, 1.54) is 18.2 Å². The molecule has 1 aliphatic carbocycles. The van der Waals surface area contributed by atoms with Crippen molar-refractivity contribution in [2.24, 2.45) is 7.05 Å². The highest BCUT2D eigenvalue weighted by Gasteiger charge is 2.74. The molecule has 0 saturated heterocycles. The smallest absolute Gasteiger partial charge is 0.410 e. The monoisotopic (exact) mass is 632 g/mol. The second-order valence-corrected chi connectivity index (χ2v) is 9.60. The number of nitriles is 1. The van der Waals surface area contributed by atoms with Crippen LogP contribution in [0.5, 0.6) is 5.88 Å². The maximum absolute atomic E-state index is 14.2. The molecule has 1 N–H and O–H groups in total. The summed E-state index contributed by atoms with van der Waals surface area (Å²) in [5, 5.41) is 18.4. The average Bonchev–Trinajstić information content (AvgIpc) is 3.33. The number of benzene rings is 1. The maximum atomic E-state index is 14.2. The van der Waals surface area contributed by atoms with Crippen LogP contribution < -0.4 is 10.1 Å². The zero-order valence-electron chi connectivity index (χ0n) is 20.7. The molecule has 1 aromatic carbocycles. The number of hydrogen-bond acceptors (Lipinski definition) is 5. The summed E-state index contributed by atoms with van der Waals surface area (Å²) in [6.07, 6.45) is -15.6. The number of hydrogen-bond donors (Lipinski definition) is 1. The van der Waals surface area contributed by atoms with Crippen molar-refractivity contribution in [1.29, 1.82) is 5.26 Å². The van der Waals surface area contributed by atoms with Crippen LogP contribution in [0, 0.1) is 11.3 Å². The van der Waals surface area contributed by atoms with E-state index < -0.39 is 59.5 Å². The lowest BCUT2D eigenvalue weighted by molar-refractivity contribution is -0.361. The van der Waals surface area contributed by atoms with Crippen molar-refractivity contribution in [1.82, 2.24) is 24.9 Å². The van der Waals surface area contributed by atoms with E-state index in [4.69, 9.17) is 11.6 Å². The van der Waals surface area contributed by atoms with Crippen molar-refractivity contribution >= 4 is 17.5 Å². The van der Waals surface area contributed by atoms with Crippen LogP contribution in [0.3, 0.4) is 0 Å². The van der Waals surface area contributed by atoms with Gasteiger partial charge in [0.05, 0.1) is 22.9 Å². The Morgan fingerprint density at radius 3 is 2.31 bits per heavy atom. The molecule has 2 heterocycles. The maximum Gasteiger partial charge on any atom is 0.446 e. The second-order valence-electron chi connectivity index (χ2n) is 9.19. The van der Waals surface area contributed by atoms with Crippen LogP contribution in [-0.4, -0.2) is 55.6 Å². The van der Waals surface area contributed by atoms with Gasteiger partial charge in [-0.25, -0.2) is 18.1 Å². The Morgan fingerprint density at radius 1 is 1.14 bits per heavy atom. The standard InChI is InChI=1S/C23H15ClF10N6O2/c1-39-18(15(21(27,28)29)17(38-39)42-23(33,34)20(26,9-25)22(30,31)32)40-8-12(7-36-40)11-2-3-14(24)13(6-11)16(41)37-19(10-35)4-5-19/h2-3,6-8H,4-5,9H2,1H3,(H,37,41). The largest absolute Gasteiger partial charge is 0.446 e. The van der Waals surface area contributed by atoms with Crippen LogP contribution in [0.1, 0.15) is 28.8 Å². The van der Waals surface area contributed by atoms with Crippen LogP contribution >= 0.6 is 11.6 Å². The Balaban J connectivity index is 1.73. The first kappa shape index (κ1) is 30.9. The highest BCUT2D eigenvalue weighted by molar-refractivity contribution is 6.34. The number of nitrogens with one attached hydrogen (secondary N) is 1. The van der Waals surface area contributed by atoms with E-state index >= 15 is 0 Å². The topological polar surface area (TPSA) is 97.8 Å². The summed E-state index contributed by atoms with van der Waals surface area (Å²) in [5.74, 6) is -4.04. The first-order chi connectivity index (χ1) is 19.3. The highest BCUT2D eigenvalue weighted by atomic mass is 35.5. The number of aryl methyl sites for hydroxylation is 1. The predicted octanol–water partition coefficient (Wildman–Crippen LogP) is 5.94. The van der Waals surface area contributed by atoms with Crippen molar-refractivity contribution in [3.63, 3.8) is 0 Å². The van der Waals surface area contributed by atoms with Gasteiger partial charge < -0.3 is 10.1 Å². The molecule has 19 heteroatoms. The minimum Gasteiger partial charge on any atom is -0.410 e. The van der Waals surface area contributed by atoms with Gasteiger partial charge in [0.15, 0.2) is 11.4 Å². The minimum atomic E-state index is -6.57. The number of carbonyl (C=O) groups excluding carboxylic acids is 1. The molecule has 1 atom stereocenters. The number of halogens is 11. The predicted molar refractivity (Wildman–Crippen MR) is 122 cm³/mol. The Bertz CT molecular complexity index is 1570. The van der Waals surface area contributed by atoms with Crippen LogP contribution in [0.25, 0.3) is 16.9 Å². The van der Waals surface area contributed by atoms with Gasteiger partial charge in [0.2, 0.25) is 0 Å². The van der Waals surface area contributed by atoms with E-state index in [0.29, 0.717) is 17.5 Å². The summed E-state index contributed by atoms with van der Waals surface area (Å²) >= 11 is 6.09. The lowest BCUT2D eigenvalue weighted by atomic mass is 10.1. The number of aromatic nitrogens is 4. The summed E-state index contributed by atoms with van der Waals surface area (Å²) in [5.41, 5.74) is -9.09. The summed E-state index contributed by atoms with van der Waals surface area (Å²) in [4.78, 5) is 12.7. The molecule has 1 amide bonds. The number of carbonyl (C=O) groups is 1. The molecule has 8 nitrogen and oxygen atoms in total. The van der Waals surface area contributed by atoms with Crippen LogP contribution in [-0.2, 0) is 13.2 Å². The van der Waals surface area contributed by atoms with Gasteiger partial charge in [-0.15, -0.1) is 5.10 Å². The lowest BCUT2D eigenvalue weighted by Crippen LogP contribution is -2.60. The number of ether oxygens (including phenoxy) is 1. The number of rotatable bonds is 8. The van der Waals surface area contributed by atoms with Crippen LogP contribution in [0.15, 0.2) is 30.6 Å². The molecule has 1 aliphatic rings. The Morgan fingerprint density at radius 2 is 1.79 bits per heavy atom. The molecular weight excluding hydrogens is 618 g/mol. The summed E-state index contributed by atoms with van der Waals surface area (Å²) in [7, 11) is 0.770. The number of amides is 1. The molecule has 0 aliphatic heterocycles. The molecule has 0 spiro atoms. The SMILES string of the molecule is Cn1nc(OC(F)(F)C(F)(CF)C(F)(F)F)c(C(F)(F)F)c1-n1cc(-c2ccc(Cl)c(C(=O)NC3(C#N)CC3)c2)cn1. The second kappa shape index (κ2) is 10.1. The van der Waals surface area contributed by atoms with E-state index in [1.807, 2.05) is 6.07 Å². The van der Waals surface area contributed by atoms with Gasteiger partial charge >= 0.3 is 24.1 Å². The third-order valence-corrected chi connectivity index (χ3v) is 6.58. The van der Waals surface area contributed by atoms with Gasteiger partial charge in [0.1, 0.15) is 12.2 Å². The van der Waals surface area contributed by atoms with E-state index in [2.05, 4.69) is 20.3 Å². The quantitative estimate of drug-likeness (QED) is 0.310. The van der Waals surface area contributed by atoms with E-state index in [9.17, 15) is 54.0 Å². The molecule has 42 heavy (non-hydrogen) atoms. The Labute approximate surface area is 233 Å². The molecule has 2 aromatic heterocycles. The number of nitrogens with zero attached hydrogens (tertiary/aromatic N) is 5. The summed E-state index contributed by atoms with van der Waals surface area (Å²) in [6.45, 7) is -3.37. The first-order valence-electron chi connectivity index (χ1n) is 11.4. The zero-order chi connectivity index (χ0) is 31.5. The van der Waals surface area contributed by atoms with Crippen LogP contribution in [0.2, 0.25) is 5.02 Å². The molecule has 1 fully saturated rings. The third-order valence-electron chi connectivity index (χ3n) is 6.25. The van der Waals surface area contributed by atoms with E-state index in [0.717, 1.165) is 19.4 Å². The molecule has 0 bridgehead atoms. The van der Waals surface area contributed by atoms with Gasteiger partial charge in [-0.2, -0.15) is 45.5 Å². The van der Waals surface area contributed by atoms with E-state index in [1.54, 1.807) is 0 Å². The normalized spacial score (nSPS) is 16.5. The van der Waals surface area contributed by atoms with Crippen molar-refractivity contribution in [3.05, 3.63) is 46.7 Å².